The van der Waals surface area contributed by atoms with Gasteiger partial charge in [0.15, 0.2) is 0 Å². The summed E-state index contributed by atoms with van der Waals surface area (Å²) >= 11 is 0. The molecule has 0 aromatic heterocycles. The quantitative estimate of drug-likeness (QED) is 0.798. The van der Waals surface area contributed by atoms with Gasteiger partial charge in [-0.1, -0.05) is 0 Å². The Morgan fingerprint density at radius 3 is 2.57 bits per heavy atom. The van der Waals surface area contributed by atoms with Crippen LogP contribution in [0.3, 0.4) is 0 Å². The topological polar surface area (TPSA) is 33.7 Å². The molecule has 0 aliphatic carbocycles. The lowest BCUT2D eigenvalue weighted by Crippen LogP contribution is -2.40. The molecule has 118 valence electrons. The Morgan fingerprint density at radius 2 is 1.90 bits per heavy atom. The van der Waals surface area contributed by atoms with Crippen molar-refractivity contribution < 1.29 is 9.47 Å². The Hall–Kier alpha value is -1.26. The molecule has 1 aromatic rings. The number of nitrogens with zero attached hydrogens (tertiary/aromatic N) is 1. The van der Waals surface area contributed by atoms with E-state index in [1.807, 2.05) is 38.2 Å². The molecule has 2 rings (SSSR count). The number of nitrogens with one attached hydrogen (secondary N) is 1. The summed E-state index contributed by atoms with van der Waals surface area (Å²) in [6, 6.07) is 7.88. The minimum atomic E-state index is 0.697. The molecule has 0 radical (unpaired) electrons. The van der Waals surface area contributed by atoms with Crippen molar-refractivity contribution >= 4 is 0 Å². The largest absolute Gasteiger partial charge is 0.494 e. The molecule has 1 saturated heterocycles. The van der Waals surface area contributed by atoms with Crippen molar-refractivity contribution in [3.63, 3.8) is 0 Å². The Labute approximate surface area is 128 Å². The zero-order chi connectivity index (χ0) is 14.9. The first-order valence-electron chi connectivity index (χ1n) is 8.04. The smallest absolute Gasteiger partial charge is 0.119 e. The van der Waals surface area contributed by atoms with Gasteiger partial charge in [-0.05, 0) is 70.1 Å². The molecule has 1 N–H and O–H groups in total. The normalized spacial score (nSPS) is 19.4. The highest BCUT2D eigenvalue weighted by Gasteiger charge is 2.18. The molecule has 21 heavy (non-hydrogen) atoms. The Balaban J connectivity index is 1.68. The molecule has 1 aliphatic rings. The minimum absolute atomic E-state index is 0.697. The summed E-state index contributed by atoms with van der Waals surface area (Å²) in [6.45, 7) is 7.96. The Kier molecular flexibility index (Phi) is 6.83. The van der Waals surface area contributed by atoms with Gasteiger partial charge in [-0.3, -0.25) is 4.90 Å². The predicted molar refractivity (Wildman–Crippen MR) is 86.2 cm³/mol. The van der Waals surface area contributed by atoms with Gasteiger partial charge in [0.1, 0.15) is 18.1 Å². The van der Waals surface area contributed by atoms with Crippen LogP contribution in [0.1, 0.15) is 19.8 Å². The highest BCUT2D eigenvalue weighted by atomic mass is 16.5. The first-order valence-corrected chi connectivity index (χ1v) is 8.04. The fourth-order valence-electron chi connectivity index (χ4n) is 2.90. The molecule has 1 aliphatic heterocycles. The SMILES string of the molecule is CCOc1ccc(OCCN2CCCC(CNC)C2)cc1. The zero-order valence-corrected chi connectivity index (χ0v) is 13.3. The summed E-state index contributed by atoms with van der Waals surface area (Å²) in [7, 11) is 2.04. The van der Waals surface area contributed by atoms with Crippen LogP contribution in [0.5, 0.6) is 11.5 Å². The van der Waals surface area contributed by atoms with E-state index in [1.165, 1.54) is 25.9 Å². The molecule has 0 bridgehead atoms. The monoisotopic (exact) mass is 292 g/mol. The Bertz CT molecular complexity index is 392. The van der Waals surface area contributed by atoms with Crippen LogP contribution < -0.4 is 14.8 Å². The second-order valence-electron chi connectivity index (χ2n) is 5.62. The minimum Gasteiger partial charge on any atom is -0.494 e. The van der Waals surface area contributed by atoms with E-state index in [-0.39, 0.29) is 0 Å². The summed E-state index contributed by atoms with van der Waals surface area (Å²) in [5, 5.41) is 3.29. The highest BCUT2D eigenvalue weighted by Crippen LogP contribution is 2.18. The zero-order valence-electron chi connectivity index (χ0n) is 13.3. The maximum atomic E-state index is 5.82. The van der Waals surface area contributed by atoms with Crippen LogP contribution in [0.2, 0.25) is 0 Å². The fourth-order valence-corrected chi connectivity index (χ4v) is 2.90. The van der Waals surface area contributed by atoms with E-state index in [0.29, 0.717) is 6.61 Å². The van der Waals surface area contributed by atoms with E-state index in [1.54, 1.807) is 0 Å². The molecule has 1 fully saturated rings. The number of likely N-dealkylation sites (tertiary alicyclic amines) is 1. The van der Waals surface area contributed by atoms with Gasteiger partial charge in [-0.2, -0.15) is 0 Å². The summed E-state index contributed by atoms with van der Waals surface area (Å²) in [5.41, 5.74) is 0. The first-order chi connectivity index (χ1) is 10.3. The third kappa shape index (κ3) is 5.56. The average Bonchev–Trinajstić information content (AvgIpc) is 2.50. The molecule has 1 unspecified atom stereocenters. The van der Waals surface area contributed by atoms with E-state index in [0.717, 1.165) is 37.1 Å². The van der Waals surface area contributed by atoms with Crippen LogP contribution in [-0.2, 0) is 0 Å². The van der Waals surface area contributed by atoms with Crippen molar-refractivity contribution in [2.75, 3.05) is 46.4 Å². The molecule has 0 spiro atoms. The number of hydrogen-bond acceptors (Lipinski definition) is 4. The second kappa shape index (κ2) is 8.90. The van der Waals surface area contributed by atoms with Crippen LogP contribution in [0.4, 0.5) is 0 Å². The van der Waals surface area contributed by atoms with Crippen molar-refractivity contribution in [3.8, 4) is 11.5 Å². The number of piperidine rings is 1. The van der Waals surface area contributed by atoms with Gasteiger partial charge >= 0.3 is 0 Å². The summed E-state index contributed by atoms with van der Waals surface area (Å²) < 4.78 is 11.2. The predicted octanol–water partition coefficient (Wildman–Crippen LogP) is 2.40. The first kappa shape index (κ1) is 16.1. The molecule has 1 heterocycles. The number of ether oxygens (including phenoxy) is 2. The molecule has 1 aromatic carbocycles. The lowest BCUT2D eigenvalue weighted by Gasteiger charge is -2.32. The summed E-state index contributed by atoms with van der Waals surface area (Å²) in [4.78, 5) is 2.51. The molecular weight excluding hydrogens is 264 g/mol. The van der Waals surface area contributed by atoms with Crippen LogP contribution in [0.15, 0.2) is 24.3 Å². The van der Waals surface area contributed by atoms with Crippen molar-refractivity contribution in [1.29, 1.82) is 0 Å². The fraction of sp³-hybridized carbons (Fsp3) is 0.647. The molecule has 1 atom stereocenters. The number of hydrogen-bond donors (Lipinski definition) is 1. The number of benzene rings is 1. The molecule has 0 amide bonds. The van der Waals surface area contributed by atoms with Crippen molar-refractivity contribution in [3.05, 3.63) is 24.3 Å². The lowest BCUT2D eigenvalue weighted by atomic mass is 9.98. The molecule has 4 heteroatoms. The maximum absolute atomic E-state index is 5.82. The summed E-state index contributed by atoms with van der Waals surface area (Å²) in [5.74, 6) is 2.60. The van der Waals surface area contributed by atoms with Gasteiger partial charge in [0.2, 0.25) is 0 Å². The van der Waals surface area contributed by atoms with Gasteiger partial charge in [0.05, 0.1) is 6.61 Å². The van der Waals surface area contributed by atoms with E-state index in [4.69, 9.17) is 9.47 Å². The standard InChI is InChI=1S/C17H28N2O2/c1-3-20-16-6-8-17(9-7-16)21-12-11-19-10-4-5-15(14-19)13-18-2/h6-9,15,18H,3-5,10-14H2,1-2H3. The van der Waals surface area contributed by atoms with Gasteiger partial charge in [0.25, 0.3) is 0 Å². The van der Waals surface area contributed by atoms with Gasteiger partial charge in [-0.15, -0.1) is 0 Å². The maximum Gasteiger partial charge on any atom is 0.119 e. The lowest BCUT2D eigenvalue weighted by molar-refractivity contribution is 0.146. The average molecular weight is 292 g/mol. The van der Waals surface area contributed by atoms with Crippen molar-refractivity contribution in [1.82, 2.24) is 10.2 Å². The van der Waals surface area contributed by atoms with E-state index in [2.05, 4.69) is 10.2 Å². The van der Waals surface area contributed by atoms with Crippen LogP contribution >= 0.6 is 0 Å². The van der Waals surface area contributed by atoms with E-state index < -0.39 is 0 Å². The van der Waals surface area contributed by atoms with Crippen LogP contribution in [0, 0.1) is 5.92 Å². The van der Waals surface area contributed by atoms with E-state index in [9.17, 15) is 0 Å². The highest BCUT2D eigenvalue weighted by molar-refractivity contribution is 5.31. The van der Waals surface area contributed by atoms with Gasteiger partial charge < -0.3 is 14.8 Å². The van der Waals surface area contributed by atoms with Crippen LogP contribution in [0.25, 0.3) is 0 Å². The van der Waals surface area contributed by atoms with Gasteiger partial charge in [-0.25, -0.2) is 0 Å². The van der Waals surface area contributed by atoms with Crippen molar-refractivity contribution in [2.24, 2.45) is 5.92 Å². The second-order valence-corrected chi connectivity index (χ2v) is 5.62. The molecular formula is C17H28N2O2. The molecule has 4 nitrogen and oxygen atoms in total. The van der Waals surface area contributed by atoms with Crippen LogP contribution in [-0.4, -0.2) is 51.3 Å². The van der Waals surface area contributed by atoms with Gasteiger partial charge in [0, 0.05) is 13.1 Å². The number of rotatable bonds is 8. The Morgan fingerprint density at radius 1 is 1.19 bits per heavy atom. The van der Waals surface area contributed by atoms with Crippen molar-refractivity contribution in [2.45, 2.75) is 19.8 Å². The summed E-state index contributed by atoms with van der Waals surface area (Å²) in [6.07, 6.45) is 2.65. The molecule has 0 saturated carbocycles. The van der Waals surface area contributed by atoms with E-state index >= 15 is 0 Å². The third-order valence-electron chi connectivity index (χ3n) is 3.91. The third-order valence-corrected chi connectivity index (χ3v) is 3.91.